The van der Waals surface area contributed by atoms with Crippen LogP contribution in [0.15, 0.2) is 78.9 Å². The molecular weight excluding hydrogens is 534 g/mol. The molecule has 1 amide bonds. The number of ether oxygens (including phenoxy) is 2. The van der Waals surface area contributed by atoms with Gasteiger partial charge in [0.05, 0.1) is 25.2 Å². The Labute approximate surface area is 246 Å². The number of hydrogen-bond donors (Lipinski definition) is 3. The van der Waals surface area contributed by atoms with Gasteiger partial charge in [0.15, 0.2) is 6.29 Å². The van der Waals surface area contributed by atoms with Gasteiger partial charge < -0.3 is 25.0 Å². The van der Waals surface area contributed by atoms with Gasteiger partial charge >= 0.3 is 5.97 Å². The van der Waals surface area contributed by atoms with Crippen molar-refractivity contribution in [3.05, 3.63) is 101 Å². The maximum absolute atomic E-state index is 12.0. The number of benzene rings is 3. The first-order chi connectivity index (χ1) is 20.4. The third-order valence-electron chi connectivity index (χ3n) is 7.82. The van der Waals surface area contributed by atoms with Gasteiger partial charge in [-0.25, -0.2) is 0 Å². The normalized spacial score (nSPS) is 21.6. The van der Waals surface area contributed by atoms with E-state index in [0.29, 0.717) is 5.69 Å². The zero-order chi connectivity index (χ0) is 29.3. The van der Waals surface area contributed by atoms with Crippen LogP contribution in [0.5, 0.6) is 0 Å². The lowest BCUT2D eigenvalue weighted by Crippen LogP contribution is -2.49. The largest absolute Gasteiger partial charge is 0.481 e. The Morgan fingerprint density at radius 2 is 1.45 bits per heavy atom. The average molecular weight is 574 g/mol. The summed E-state index contributed by atoms with van der Waals surface area (Å²) < 4.78 is 13.0. The predicted octanol–water partition coefficient (Wildman–Crippen LogP) is 4.35. The topological polar surface area (TPSA) is 112 Å². The van der Waals surface area contributed by atoms with Crippen LogP contribution in [0.25, 0.3) is 0 Å². The van der Waals surface area contributed by atoms with E-state index < -0.39 is 12.3 Å². The fourth-order valence-electron chi connectivity index (χ4n) is 5.46. The van der Waals surface area contributed by atoms with Crippen molar-refractivity contribution in [2.45, 2.75) is 50.9 Å². The molecule has 2 aliphatic rings. The molecule has 0 aliphatic carbocycles. The number of nitrogens with zero attached hydrogens (tertiary/aromatic N) is 2. The lowest BCUT2D eigenvalue weighted by molar-refractivity contribution is -0.253. The lowest BCUT2D eigenvalue weighted by Gasteiger charge is -2.40. The van der Waals surface area contributed by atoms with E-state index in [-0.39, 0.29) is 37.6 Å². The first kappa shape index (κ1) is 29.9. The third-order valence-corrected chi connectivity index (χ3v) is 7.82. The Morgan fingerprint density at radius 3 is 2.12 bits per heavy atom. The monoisotopic (exact) mass is 573 g/mol. The van der Waals surface area contributed by atoms with Gasteiger partial charge in [0, 0.05) is 63.4 Å². The second-order valence-corrected chi connectivity index (χ2v) is 11.0. The highest BCUT2D eigenvalue weighted by Crippen LogP contribution is 2.38. The number of aliphatic hydroxyl groups is 1. The van der Waals surface area contributed by atoms with Gasteiger partial charge in [0.2, 0.25) is 5.91 Å². The highest BCUT2D eigenvalue weighted by Gasteiger charge is 2.33. The Morgan fingerprint density at radius 1 is 0.786 bits per heavy atom. The molecule has 0 bridgehead atoms. The second-order valence-electron chi connectivity index (χ2n) is 11.0. The SMILES string of the molecule is O=C(O)CCC(=O)Nc1ccc(C2OC(CN3CCN(Cc4ccccc4)CC3)CC(c3ccc(CO)cc3)O2)cc1. The molecule has 5 rings (SSSR count). The molecular formula is C33H39N3O6. The molecule has 2 heterocycles. The number of hydrogen-bond acceptors (Lipinski definition) is 7. The first-order valence-electron chi connectivity index (χ1n) is 14.6. The third kappa shape index (κ3) is 8.47. The molecule has 3 aromatic carbocycles. The van der Waals surface area contributed by atoms with Gasteiger partial charge in [0.25, 0.3) is 0 Å². The average Bonchev–Trinajstić information content (AvgIpc) is 3.02. The molecule has 2 aliphatic heterocycles. The molecule has 3 N–H and O–H groups in total. The van der Waals surface area contributed by atoms with Crippen molar-refractivity contribution in [2.24, 2.45) is 0 Å². The molecule has 3 unspecified atom stereocenters. The number of amides is 1. The van der Waals surface area contributed by atoms with E-state index in [9.17, 15) is 14.7 Å². The van der Waals surface area contributed by atoms with Gasteiger partial charge in [-0.1, -0.05) is 66.7 Å². The van der Waals surface area contributed by atoms with E-state index in [1.807, 2.05) is 42.5 Å². The number of carboxylic acid groups (broad SMARTS) is 1. The molecule has 2 fully saturated rings. The first-order valence-corrected chi connectivity index (χ1v) is 14.6. The van der Waals surface area contributed by atoms with Crippen molar-refractivity contribution in [3.63, 3.8) is 0 Å². The summed E-state index contributed by atoms with van der Waals surface area (Å²) in [6, 6.07) is 25.7. The molecule has 2 saturated heterocycles. The van der Waals surface area contributed by atoms with Crippen molar-refractivity contribution in [3.8, 4) is 0 Å². The molecule has 0 radical (unpaired) electrons. The zero-order valence-corrected chi connectivity index (χ0v) is 23.7. The summed E-state index contributed by atoms with van der Waals surface area (Å²) in [6.45, 7) is 5.74. The molecule has 3 atom stereocenters. The number of piperazine rings is 1. The van der Waals surface area contributed by atoms with Crippen molar-refractivity contribution < 1.29 is 29.3 Å². The number of anilines is 1. The van der Waals surface area contributed by atoms with E-state index in [2.05, 4.69) is 39.4 Å². The maximum Gasteiger partial charge on any atom is 0.303 e. The Kier molecular flexibility index (Phi) is 10.3. The Bertz CT molecular complexity index is 1290. The minimum Gasteiger partial charge on any atom is -0.481 e. The van der Waals surface area contributed by atoms with Crippen LogP contribution in [0.3, 0.4) is 0 Å². The van der Waals surface area contributed by atoms with Crippen LogP contribution in [0.2, 0.25) is 0 Å². The van der Waals surface area contributed by atoms with Crippen LogP contribution >= 0.6 is 0 Å². The molecule has 0 aromatic heterocycles. The highest BCUT2D eigenvalue weighted by atomic mass is 16.7. The van der Waals surface area contributed by atoms with Crippen LogP contribution < -0.4 is 5.32 Å². The summed E-state index contributed by atoms with van der Waals surface area (Å²) in [7, 11) is 0. The molecule has 42 heavy (non-hydrogen) atoms. The van der Waals surface area contributed by atoms with E-state index in [4.69, 9.17) is 14.6 Å². The fourth-order valence-corrected chi connectivity index (χ4v) is 5.46. The number of aliphatic hydroxyl groups excluding tert-OH is 1. The minimum atomic E-state index is -1.00. The van der Waals surface area contributed by atoms with Crippen molar-refractivity contribution in [2.75, 3.05) is 38.0 Å². The zero-order valence-electron chi connectivity index (χ0n) is 23.7. The number of carbonyl (C=O) groups excluding carboxylic acids is 1. The van der Waals surface area contributed by atoms with Gasteiger partial charge in [0.1, 0.15) is 0 Å². The van der Waals surface area contributed by atoms with Crippen LogP contribution in [0, 0.1) is 0 Å². The molecule has 0 spiro atoms. The van der Waals surface area contributed by atoms with Crippen LogP contribution in [-0.4, -0.2) is 70.7 Å². The highest BCUT2D eigenvalue weighted by molar-refractivity contribution is 5.92. The van der Waals surface area contributed by atoms with Crippen molar-refractivity contribution >= 4 is 17.6 Å². The molecule has 0 saturated carbocycles. The molecule has 3 aromatic rings. The number of carboxylic acids is 1. The van der Waals surface area contributed by atoms with E-state index in [1.165, 1.54) is 5.56 Å². The summed E-state index contributed by atoms with van der Waals surface area (Å²) in [5.74, 6) is -1.35. The Hall–Kier alpha value is -3.60. The Balaban J connectivity index is 1.23. The van der Waals surface area contributed by atoms with Crippen molar-refractivity contribution in [1.29, 1.82) is 0 Å². The van der Waals surface area contributed by atoms with Gasteiger partial charge in [-0.3, -0.25) is 19.4 Å². The predicted molar refractivity (Wildman–Crippen MR) is 159 cm³/mol. The summed E-state index contributed by atoms with van der Waals surface area (Å²) in [4.78, 5) is 27.8. The van der Waals surface area contributed by atoms with Crippen LogP contribution in [0.4, 0.5) is 5.69 Å². The number of carbonyl (C=O) groups is 2. The smallest absolute Gasteiger partial charge is 0.303 e. The van der Waals surface area contributed by atoms with E-state index >= 15 is 0 Å². The minimum absolute atomic E-state index is 0.00436. The second kappa shape index (κ2) is 14.5. The lowest BCUT2D eigenvalue weighted by atomic mass is 9.99. The quantitative estimate of drug-likeness (QED) is 0.311. The van der Waals surface area contributed by atoms with Gasteiger partial charge in [-0.05, 0) is 28.8 Å². The number of aliphatic carboxylic acids is 1. The summed E-state index contributed by atoms with van der Waals surface area (Å²) in [5.41, 5.74) is 4.66. The van der Waals surface area contributed by atoms with Gasteiger partial charge in [-0.15, -0.1) is 0 Å². The maximum atomic E-state index is 12.0. The number of rotatable bonds is 11. The fraction of sp³-hybridized carbons (Fsp3) is 0.394. The summed E-state index contributed by atoms with van der Waals surface area (Å²) in [5, 5.41) is 21.0. The van der Waals surface area contributed by atoms with E-state index in [1.54, 1.807) is 12.1 Å². The molecule has 9 heteroatoms. The van der Waals surface area contributed by atoms with Crippen LogP contribution in [-0.2, 0) is 32.2 Å². The molecule has 9 nitrogen and oxygen atoms in total. The number of nitrogens with one attached hydrogen (secondary N) is 1. The van der Waals surface area contributed by atoms with E-state index in [0.717, 1.165) is 62.4 Å². The molecule has 222 valence electrons. The van der Waals surface area contributed by atoms with Gasteiger partial charge in [-0.2, -0.15) is 0 Å². The summed E-state index contributed by atoms with van der Waals surface area (Å²) >= 11 is 0. The van der Waals surface area contributed by atoms with Crippen LogP contribution in [0.1, 0.15) is 53.9 Å². The standard InChI is InChI=1S/C33H39N3O6/c37-23-25-6-8-26(9-7-25)30-20-29(22-36-18-16-35(17-19-36)21-24-4-2-1-3-5-24)41-33(42-30)27-10-12-28(13-11-27)34-31(38)14-15-32(39)40/h1-13,29-30,33,37H,14-23H2,(H,34,38)(H,39,40). The summed E-state index contributed by atoms with van der Waals surface area (Å²) in [6.07, 6.45) is -0.361. The van der Waals surface area contributed by atoms with Crippen molar-refractivity contribution in [1.82, 2.24) is 9.80 Å².